The second-order valence-corrected chi connectivity index (χ2v) is 6.60. The van der Waals surface area contributed by atoms with E-state index >= 15 is 0 Å². The molecule has 2 aromatic carbocycles. The average Bonchev–Trinajstić information content (AvgIpc) is 3.04. The fraction of sp³-hybridized carbons (Fsp3) is 0.261. The van der Waals surface area contributed by atoms with Gasteiger partial charge in [0.2, 0.25) is 0 Å². The van der Waals surface area contributed by atoms with Crippen LogP contribution in [0.1, 0.15) is 40.3 Å². The Bertz CT molecular complexity index is 1100. The van der Waals surface area contributed by atoms with E-state index in [-0.39, 0.29) is 25.7 Å². The quantitative estimate of drug-likeness (QED) is 0.557. The molecular weight excluding hydrogens is 400 g/mol. The van der Waals surface area contributed by atoms with Crippen molar-refractivity contribution in [2.24, 2.45) is 0 Å². The molecule has 0 saturated carbocycles. The molecule has 1 heterocycles. The number of esters is 2. The zero-order valence-corrected chi connectivity index (χ0v) is 17.6. The Labute approximate surface area is 179 Å². The molecule has 0 aliphatic heterocycles. The topological polar surface area (TPSA) is 95.9 Å². The van der Waals surface area contributed by atoms with Crippen molar-refractivity contribution in [1.29, 1.82) is 0 Å². The number of hydrogen-bond donors (Lipinski definition) is 1. The first-order valence-corrected chi connectivity index (χ1v) is 9.93. The van der Waals surface area contributed by atoms with Gasteiger partial charge in [-0.25, -0.2) is 9.59 Å². The van der Waals surface area contributed by atoms with Crippen LogP contribution in [0.25, 0.3) is 10.9 Å². The number of nitrogens with zero attached hydrogens (tertiary/aromatic N) is 1. The van der Waals surface area contributed by atoms with E-state index < -0.39 is 11.9 Å². The number of aromatic nitrogens is 1. The van der Waals surface area contributed by atoms with E-state index in [1.165, 1.54) is 0 Å². The average molecular weight is 424 g/mol. The highest BCUT2D eigenvalue weighted by Crippen LogP contribution is 2.29. The number of carbonyl (C=O) groups excluding carboxylic acids is 3. The zero-order valence-electron chi connectivity index (χ0n) is 17.6. The van der Waals surface area contributed by atoms with E-state index in [0.717, 1.165) is 0 Å². The van der Waals surface area contributed by atoms with Gasteiger partial charge < -0.3 is 14.2 Å². The molecule has 3 rings (SSSR count). The third-order valence-corrected chi connectivity index (χ3v) is 4.57. The molecule has 3 aromatic rings. The van der Waals surface area contributed by atoms with E-state index in [0.29, 0.717) is 33.5 Å². The summed E-state index contributed by atoms with van der Waals surface area (Å²) in [6.07, 6.45) is 0. The number of ether oxygens (including phenoxy) is 3. The van der Waals surface area contributed by atoms with Gasteiger partial charge in [0, 0.05) is 10.9 Å². The van der Waals surface area contributed by atoms with Crippen LogP contribution in [0.15, 0.2) is 48.5 Å². The van der Waals surface area contributed by atoms with Crippen LogP contribution in [0.5, 0.6) is 5.75 Å². The number of amides is 1. The van der Waals surface area contributed by atoms with Crippen LogP contribution in [0.4, 0.5) is 0 Å². The number of fused-ring (bicyclic) bond motifs is 1. The minimum Gasteiger partial charge on any atom is -0.482 e. The number of rotatable bonds is 8. The summed E-state index contributed by atoms with van der Waals surface area (Å²) in [6, 6.07) is 13.8. The van der Waals surface area contributed by atoms with Gasteiger partial charge in [-0.2, -0.15) is 0 Å². The van der Waals surface area contributed by atoms with Gasteiger partial charge in [0.25, 0.3) is 5.91 Å². The highest BCUT2D eigenvalue weighted by Gasteiger charge is 2.23. The molecule has 0 aliphatic rings. The van der Waals surface area contributed by atoms with Gasteiger partial charge >= 0.3 is 11.9 Å². The van der Waals surface area contributed by atoms with Crippen molar-refractivity contribution in [2.75, 3.05) is 25.2 Å². The Hall–Kier alpha value is -3.81. The highest BCUT2D eigenvalue weighted by molar-refractivity contribution is 6.08. The lowest BCUT2D eigenvalue weighted by Crippen LogP contribution is -2.24. The second kappa shape index (κ2) is 9.80. The molecule has 0 atom stereocenters. The third-order valence-electron chi connectivity index (χ3n) is 4.57. The normalized spacial score (nSPS) is 10.5. The van der Waals surface area contributed by atoms with E-state index in [2.05, 4.69) is 5.43 Å². The Kier molecular flexibility index (Phi) is 6.92. The summed E-state index contributed by atoms with van der Waals surface area (Å²) in [5.74, 6) is -0.936. The lowest BCUT2D eigenvalue weighted by Gasteiger charge is -2.11. The molecule has 1 amide bonds. The second-order valence-electron chi connectivity index (χ2n) is 6.60. The molecule has 0 spiro atoms. The maximum absolute atomic E-state index is 12.7. The van der Waals surface area contributed by atoms with Gasteiger partial charge in [-0.3, -0.25) is 14.9 Å². The predicted molar refractivity (Wildman–Crippen MR) is 115 cm³/mol. The lowest BCUT2D eigenvalue weighted by molar-refractivity contribution is -0.145. The van der Waals surface area contributed by atoms with Crippen LogP contribution in [0.3, 0.4) is 0 Å². The Morgan fingerprint density at radius 3 is 2.35 bits per heavy atom. The van der Waals surface area contributed by atoms with Crippen LogP contribution in [-0.4, -0.2) is 42.3 Å². The number of carbonyl (C=O) groups is 3. The standard InChI is InChI=1S/C23H24N2O6/c1-4-29-20(26)14-31-17-11-12-19-18(13-17)21(23(28)30-5-2)15(3)25(19)24-22(27)16-9-7-6-8-10-16/h6-13H,4-5,14H2,1-3H3,(H,24,27). The van der Waals surface area contributed by atoms with Gasteiger partial charge in [0.05, 0.1) is 30.0 Å². The van der Waals surface area contributed by atoms with E-state index in [1.54, 1.807) is 67.9 Å². The van der Waals surface area contributed by atoms with Crippen molar-refractivity contribution in [1.82, 2.24) is 4.68 Å². The Morgan fingerprint density at radius 2 is 1.68 bits per heavy atom. The van der Waals surface area contributed by atoms with Gasteiger partial charge in [-0.05, 0) is 51.1 Å². The summed E-state index contributed by atoms with van der Waals surface area (Å²) >= 11 is 0. The molecule has 8 nitrogen and oxygen atoms in total. The largest absolute Gasteiger partial charge is 0.482 e. The number of benzene rings is 2. The van der Waals surface area contributed by atoms with E-state index in [4.69, 9.17) is 14.2 Å². The molecule has 0 saturated heterocycles. The van der Waals surface area contributed by atoms with Crippen molar-refractivity contribution in [3.05, 3.63) is 65.4 Å². The molecular formula is C23H24N2O6. The zero-order chi connectivity index (χ0) is 22.4. The first kappa shape index (κ1) is 21.9. The summed E-state index contributed by atoms with van der Waals surface area (Å²) in [7, 11) is 0. The van der Waals surface area contributed by atoms with E-state index in [9.17, 15) is 14.4 Å². The van der Waals surface area contributed by atoms with Crippen LogP contribution in [-0.2, 0) is 14.3 Å². The molecule has 0 radical (unpaired) electrons. The van der Waals surface area contributed by atoms with Gasteiger partial charge in [-0.1, -0.05) is 18.2 Å². The van der Waals surface area contributed by atoms with Gasteiger partial charge in [0.15, 0.2) is 6.61 Å². The fourth-order valence-electron chi connectivity index (χ4n) is 3.19. The summed E-state index contributed by atoms with van der Waals surface area (Å²) in [4.78, 5) is 36.9. The summed E-state index contributed by atoms with van der Waals surface area (Å²) < 4.78 is 17.1. The van der Waals surface area contributed by atoms with Crippen molar-refractivity contribution in [2.45, 2.75) is 20.8 Å². The highest BCUT2D eigenvalue weighted by atomic mass is 16.6. The van der Waals surface area contributed by atoms with Crippen molar-refractivity contribution >= 4 is 28.7 Å². The molecule has 0 aliphatic carbocycles. The SMILES string of the molecule is CCOC(=O)COc1ccc2c(c1)c(C(=O)OCC)c(C)n2NC(=O)c1ccccc1. The summed E-state index contributed by atoms with van der Waals surface area (Å²) in [5, 5.41) is 0.533. The predicted octanol–water partition coefficient (Wildman–Crippen LogP) is 3.45. The maximum atomic E-state index is 12.7. The Balaban J connectivity index is 2.00. The number of hydrogen-bond acceptors (Lipinski definition) is 6. The van der Waals surface area contributed by atoms with E-state index in [1.807, 2.05) is 6.07 Å². The van der Waals surface area contributed by atoms with Crippen LogP contribution in [0, 0.1) is 6.92 Å². The minimum atomic E-state index is -0.514. The number of nitrogens with one attached hydrogen (secondary N) is 1. The maximum Gasteiger partial charge on any atom is 0.344 e. The first-order chi connectivity index (χ1) is 15.0. The minimum absolute atomic E-state index is 0.209. The van der Waals surface area contributed by atoms with Crippen LogP contribution >= 0.6 is 0 Å². The van der Waals surface area contributed by atoms with Crippen molar-refractivity contribution < 1.29 is 28.6 Å². The van der Waals surface area contributed by atoms with Gasteiger partial charge in [0.1, 0.15) is 5.75 Å². The molecule has 162 valence electrons. The molecule has 0 unspecified atom stereocenters. The van der Waals surface area contributed by atoms with Crippen LogP contribution < -0.4 is 10.2 Å². The molecule has 0 fully saturated rings. The summed E-state index contributed by atoms with van der Waals surface area (Å²) in [6.45, 7) is 5.37. The first-order valence-electron chi connectivity index (χ1n) is 9.93. The van der Waals surface area contributed by atoms with Crippen molar-refractivity contribution in [3.8, 4) is 5.75 Å². The van der Waals surface area contributed by atoms with Crippen molar-refractivity contribution in [3.63, 3.8) is 0 Å². The molecule has 1 aromatic heterocycles. The fourth-order valence-corrected chi connectivity index (χ4v) is 3.19. The van der Waals surface area contributed by atoms with Crippen LogP contribution in [0.2, 0.25) is 0 Å². The third kappa shape index (κ3) is 4.85. The molecule has 8 heteroatoms. The molecule has 0 bridgehead atoms. The Morgan fingerprint density at radius 1 is 0.968 bits per heavy atom. The summed E-state index contributed by atoms with van der Waals surface area (Å²) in [5.41, 5.74) is 4.73. The smallest absolute Gasteiger partial charge is 0.344 e. The lowest BCUT2D eigenvalue weighted by atomic mass is 10.1. The molecule has 31 heavy (non-hydrogen) atoms. The monoisotopic (exact) mass is 424 g/mol. The molecule has 1 N–H and O–H groups in total. The van der Waals surface area contributed by atoms with Gasteiger partial charge in [-0.15, -0.1) is 0 Å².